The quantitative estimate of drug-likeness (QED) is 0.664. The third-order valence-electron chi connectivity index (χ3n) is 4.87. The number of benzene rings is 1. The number of amides is 2. The average Bonchev–Trinajstić information content (AvgIpc) is 3.17. The van der Waals surface area contributed by atoms with Gasteiger partial charge in [-0.1, -0.05) is 0 Å². The molecule has 0 unspecified atom stereocenters. The van der Waals surface area contributed by atoms with Crippen molar-refractivity contribution in [3.05, 3.63) is 34.4 Å². The van der Waals surface area contributed by atoms with Gasteiger partial charge < -0.3 is 19.9 Å². The molecule has 0 aromatic heterocycles. The Labute approximate surface area is 146 Å². The molecule has 0 spiro atoms. The minimum atomic E-state index is -0.402. The number of piperazine rings is 1. The summed E-state index contributed by atoms with van der Waals surface area (Å²) in [5.74, 6) is 0. The lowest BCUT2D eigenvalue weighted by molar-refractivity contribution is -0.384. The molecular weight excluding hydrogens is 324 g/mol. The number of urea groups is 1. The first-order valence-electron chi connectivity index (χ1n) is 8.71. The summed E-state index contributed by atoms with van der Waals surface area (Å²) in [7, 11) is 0. The number of nitrogens with one attached hydrogen (secondary N) is 1. The Kier molecular flexibility index (Phi) is 5.37. The molecule has 2 heterocycles. The molecule has 1 N–H and O–H groups in total. The normalized spacial score (nSPS) is 21.9. The van der Waals surface area contributed by atoms with Crippen LogP contribution in [0.15, 0.2) is 24.3 Å². The number of ether oxygens (including phenoxy) is 1. The van der Waals surface area contributed by atoms with Gasteiger partial charge in [-0.3, -0.25) is 10.1 Å². The molecule has 2 fully saturated rings. The predicted molar refractivity (Wildman–Crippen MR) is 93.9 cm³/mol. The molecule has 0 bridgehead atoms. The second kappa shape index (κ2) is 7.69. The van der Waals surface area contributed by atoms with Crippen LogP contribution in [0.2, 0.25) is 0 Å². The fourth-order valence-electron chi connectivity index (χ4n) is 3.33. The van der Waals surface area contributed by atoms with Crippen molar-refractivity contribution < 1.29 is 14.5 Å². The molecule has 25 heavy (non-hydrogen) atoms. The summed E-state index contributed by atoms with van der Waals surface area (Å²) >= 11 is 0. The van der Waals surface area contributed by atoms with Crippen LogP contribution >= 0.6 is 0 Å². The zero-order valence-electron chi connectivity index (χ0n) is 14.4. The van der Waals surface area contributed by atoms with Crippen molar-refractivity contribution >= 4 is 17.4 Å². The number of carbonyl (C=O) groups excluding carboxylic acids is 1. The van der Waals surface area contributed by atoms with Gasteiger partial charge in [-0.05, 0) is 31.9 Å². The number of hydrogen-bond acceptors (Lipinski definition) is 5. The van der Waals surface area contributed by atoms with Crippen LogP contribution in [0.4, 0.5) is 16.2 Å². The fourth-order valence-corrected chi connectivity index (χ4v) is 3.33. The first-order valence-corrected chi connectivity index (χ1v) is 8.71. The molecule has 1 aromatic carbocycles. The van der Waals surface area contributed by atoms with Crippen molar-refractivity contribution in [3.63, 3.8) is 0 Å². The molecule has 2 atom stereocenters. The van der Waals surface area contributed by atoms with Crippen LogP contribution in [0.3, 0.4) is 0 Å². The SMILES string of the molecule is C[C@@H](NC(=O)N1CCN(c2ccc([N+](=O)[O-])cc2)CC1)[C@@H]1CCCO1. The molecule has 2 aliphatic heterocycles. The van der Waals surface area contributed by atoms with Crippen molar-refractivity contribution in [2.24, 2.45) is 0 Å². The monoisotopic (exact) mass is 348 g/mol. The molecule has 1 aromatic rings. The van der Waals surface area contributed by atoms with E-state index in [1.54, 1.807) is 12.1 Å². The Balaban J connectivity index is 1.49. The minimum absolute atomic E-state index is 0.0164. The van der Waals surface area contributed by atoms with E-state index >= 15 is 0 Å². The fraction of sp³-hybridized carbons (Fsp3) is 0.588. The molecule has 0 saturated carbocycles. The van der Waals surface area contributed by atoms with Crippen molar-refractivity contribution in [3.8, 4) is 0 Å². The molecule has 2 amide bonds. The standard InChI is InChI=1S/C17H24N4O4/c1-13(16-3-2-12-25-16)18-17(22)20-10-8-19(9-11-20)14-4-6-15(7-5-14)21(23)24/h4-7,13,16H,2-3,8-12H2,1H3,(H,18,22)/t13-,16+/m1/s1. The molecule has 0 radical (unpaired) electrons. The first-order chi connectivity index (χ1) is 12.0. The minimum Gasteiger partial charge on any atom is -0.376 e. The predicted octanol–water partition coefficient (Wildman–Crippen LogP) is 1.99. The molecule has 2 saturated heterocycles. The highest BCUT2D eigenvalue weighted by atomic mass is 16.6. The summed E-state index contributed by atoms with van der Waals surface area (Å²) in [4.78, 5) is 26.7. The number of nitro groups is 1. The number of rotatable bonds is 4. The molecule has 8 nitrogen and oxygen atoms in total. The van der Waals surface area contributed by atoms with Crippen LogP contribution < -0.4 is 10.2 Å². The van der Waals surface area contributed by atoms with Crippen LogP contribution in [0.25, 0.3) is 0 Å². The highest BCUT2D eigenvalue weighted by Crippen LogP contribution is 2.21. The lowest BCUT2D eigenvalue weighted by atomic mass is 10.1. The summed E-state index contributed by atoms with van der Waals surface area (Å²) in [5.41, 5.74) is 1.03. The maximum absolute atomic E-state index is 12.4. The zero-order valence-corrected chi connectivity index (χ0v) is 14.4. The maximum Gasteiger partial charge on any atom is 0.317 e. The molecule has 3 rings (SSSR count). The van der Waals surface area contributed by atoms with Gasteiger partial charge in [0.1, 0.15) is 0 Å². The van der Waals surface area contributed by atoms with Gasteiger partial charge in [0.25, 0.3) is 5.69 Å². The van der Waals surface area contributed by atoms with E-state index in [2.05, 4.69) is 10.2 Å². The summed E-state index contributed by atoms with van der Waals surface area (Å²) in [6.45, 7) is 5.43. The van der Waals surface area contributed by atoms with Gasteiger partial charge in [0.15, 0.2) is 0 Å². The van der Waals surface area contributed by atoms with Crippen LogP contribution in [-0.4, -0.2) is 60.8 Å². The number of nitrogens with zero attached hydrogens (tertiary/aromatic N) is 3. The van der Waals surface area contributed by atoms with Gasteiger partial charge in [-0.25, -0.2) is 4.79 Å². The first kappa shape index (κ1) is 17.5. The summed E-state index contributed by atoms with van der Waals surface area (Å²) in [6.07, 6.45) is 2.17. The Morgan fingerprint density at radius 3 is 2.52 bits per heavy atom. The third-order valence-corrected chi connectivity index (χ3v) is 4.87. The van der Waals surface area contributed by atoms with E-state index < -0.39 is 4.92 Å². The van der Waals surface area contributed by atoms with Gasteiger partial charge >= 0.3 is 6.03 Å². The van der Waals surface area contributed by atoms with E-state index in [-0.39, 0.29) is 23.9 Å². The number of non-ortho nitro benzene ring substituents is 1. The van der Waals surface area contributed by atoms with Crippen LogP contribution in [0.5, 0.6) is 0 Å². The highest BCUT2D eigenvalue weighted by molar-refractivity contribution is 5.75. The number of nitro benzene ring substituents is 1. The van der Waals surface area contributed by atoms with E-state index in [0.717, 1.165) is 25.1 Å². The van der Waals surface area contributed by atoms with E-state index in [9.17, 15) is 14.9 Å². The van der Waals surface area contributed by atoms with E-state index in [1.807, 2.05) is 11.8 Å². The Hall–Kier alpha value is -2.35. The van der Waals surface area contributed by atoms with Crippen molar-refractivity contribution in [2.45, 2.75) is 31.9 Å². The number of anilines is 1. The summed E-state index contributed by atoms with van der Waals surface area (Å²) in [5, 5.41) is 13.8. The number of carbonyl (C=O) groups is 1. The maximum atomic E-state index is 12.4. The van der Waals surface area contributed by atoms with Gasteiger partial charge in [0.05, 0.1) is 17.1 Å². The lowest BCUT2D eigenvalue weighted by Gasteiger charge is -2.36. The number of hydrogen-bond donors (Lipinski definition) is 1. The molecular formula is C17H24N4O4. The molecule has 0 aliphatic carbocycles. The molecule has 8 heteroatoms. The smallest absolute Gasteiger partial charge is 0.317 e. The second-order valence-corrected chi connectivity index (χ2v) is 6.54. The largest absolute Gasteiger partial charge is 0.376 e. The van der Waals surface area contributed by atoms with Crippen LogP contribution in [-0.2, 0) is 4.74 Å². The Bertz CT molecular complexity index is 608. The van der Waals surface area contributed by atoms with Crippen molar-refractivity contribution in [1.29, 1.82) is 0 Å². The van der Waals surface area contributed by atoms with E-state index in [4.69, 9.17) is 4.74 Å². The topological polar surface area (TPSA) is 88.0 Å². The van der Waals surface area contributed by atoms with Gasteiger partial charge in [0, 0.05) is 50.6 Å². The molecule has 136 valence electrons. The zero-order chi connectivity index (χ0) is 17.8. The van der Waals surface area contributed by atoms with Gasteiger partial charge in [0.2, 0.25) is 0 Å². The van der Waals surface area contributed by atoms with Crippen LogP contribution in [0.1, 0.15) is 19.8 Å². The van der Waals surface area contributed by atoms with Crippen LogP contribution in [0, 0.1) is 10.1 Å². The van der Waals surface area contributed by atoms with Gasteiger partial charge in [-0.2, -0.15) is 0 Å². The summed E-state index contributed by atoms with van der Waals surface area (Å²) in [6, 6.07) is 6.50. The molecule has 2 aliphatic rings. The van der Waals surface area contributed by atoms with E-state index in [0.29, 0.717) is 26.2 Å². The second-order valence-electron chi connectivity index (χ2n) is 6.54. The van der Waals surface area contributed by atoms with Gasteiger partial charge in [-0.15, -0.1) is 0 Å². The van der Waals surface area contributed by atoms with Crippen molar-refractivity contribution in [2.75, 3.05) is 37.7 Å². The Morgan fingerprint density at radius 2 is 1.96 bits per heavy atom. The summed E-state index contributed by atoms with van der Waals surface area (Å²) < 4.78 is 5.61. The van der Waals surface area contributed by atoms with E-state index in [1.165, 1.54) is 12.1 Å². The third kappa shape index (κ3) is 4.19. The highest BCUT2D eigenvalue weighted by Gasteiger charge is 2.27. The average molecular weight is 348 g/mol. The lowest BCUT2D eigenvalue weighted by Crippen LogP contribution is -2.54. The van der Waals surface area contributed by atoms with Crippen molar-refractivity contribution in [1.82, 2.24) is 10.2 Å². The Morgan fingerprint density at radius 1 is 1.28 bits per heavy atom.